The summed E-state index contributed by atoms with van der Waals surface area (Å²) in [6.07, 6.45) is 0. The number of carbonyl (C=O) groups excluding carboxylic acids is 2. The Labute approximate surface area is 142 Å². The van der Waals surface area contributed by atoms with Crippen LogP contribution in [0.3, 0.4) is 0 Å². The van der Waals surface area contributed by atoms with Crippen LogP contribution in [0.15, 0.2) is 21.1 Å². The monoisotopic (exact) mass is 418 g/mol. The number of halogens is 2. The Morgan fingerprint density at radius 1 is 0.905 bits per heavy atom. The van der Waals surface area contributed by atoms with Gasteiger partial charge in [-0.15, -0.1) is 0 Å². The Hall–Kier alpha value is -0.680. The van der Waals surface area contributed by atoms with Crippen LogP contribution in [0, 0.1) is 10.8 Å². The highest BCUT2D eigenvalue weighted by molar-refractivity contribution is 9.11. The summed E-state index contributed by atoms with van der Waals surface area (Å²) in [4.78, 5) is 24.3. The number of hydrogen-bond acceptors (Lipinski definition) is 3. The Morgan fingerprint density at radius 2 is 1.33 bits per heavy atom. The molecule has 0 radical (unpaired) electrons. The number of rotatable bonds is 2. The first-order valence-electron chi connectivity index (χ1n) is 6.60. The van der Waals surface area contributed by atoms with Gasteiger partial charge < -0.3 is 4.74 Å². The van der Waals surface area contributed by atoms with E-state index < -0.39 is 10.8 Å². The lowest BCUT2D eigenvalue weighted by molar-refractivity contribution is -0.143. The number of benzene rings is 1. The largest absolute Gasteiger partial charge is 0.424 e. The van der Waals surface area contributed by atoms with Crippen molar-refractivity contribution >= 4 is 43.6 Å². The van der Waals surface area contributed by atoms with Crippen LogP contribution in [-0.4, -0.2) is 11.8 Å². The molecular formula is C16H20Br2O3. The number of ether oxygens (including phenoxy) is 1. The predicted octanol–water partition coefficient (Wildman–Crippen LogP) is 5.39. The zero-order valence-electron chi connectivity index (χ0n) is 13.1. The maximum atomic E-state index is 12.3. The van der Waals surface area contributed by atoms with Crippen molar-refractivity contribution in [3.05, 3.63) is 26.6 Å². The Kier molecular flexibility index (Phi) is 5.43. The molecule has 0 amide bonds. The lowest BCUT2D eigenvalue weighted by Crippen LogP contribution is -2.26. The summed E-state index contributed by atoms with van der Waals surface area (Å²) in [5, 5.41) is 0. The second-order valence-electron chi connectivity index (χ2n) is 6.99. The van der Waals surface area contributed by atoms with Gasteiger partial charge in [0.15, 0.2) is 11.5 Å². The summed E-state index contributed by atoms with van der Waals surface area (Å²) in [5.74, 6) is 0.0804. The smallest absolute Gasteiger partial charge is 0.316 e. The standard InChI is InChI=1S/C16H20Br2O3/c1-15(2,3)13(19)9-7-10(17)12(11(18)8-9)21-14(20)16(4,5)6/h7-8H,1-6H3. The molecule has 21 heavy (non-hydrogen) atoms. The molecule has 1 aromatic rings. The molecule has 0 atom stereocenters. The zero-order chi connectivity index (χ0) is 16.6. The van der Waals surface area contributed by atoms with E-state index in [2.05, 4.69) is 31.9 Å². The molecule has 0 fully saturated rings. The minimum absolute atomic E-state index is 0.0256. The van der Waals surface area contributed by atoms with Crippen molar-refractivity contribution in [1.82, 2.24) is 0 Å². The highest BCUT2D eigenvalue weighted by atomic mass is 79.9. The average molecular weight is 420 g/mol. The summed E-state index contributed by atoms with van der Waals surface area (Å²) >= 11 is 6.74. The number of Topliss-reactive ketones (excluding diaryl/α,β-unsaturated/α-hetero) is 1. The van der Waals surface area contributed by atoms with Gasteiger partial charge in [-0.3, -0.25) is 9.59 Å². The Morgan fingerprint density at radius 3 is 1.67 bits per heavy atom. The van der Waals surface area contributed by atoms with Gasteiger partial charge >= 0.3 is 5.97 Å². The molecule has 0 N–H and O–H groups in total. The maximum absolute atomic E-state index is 12.3. The molecule has 0 heterocycles. The van der Waals surface area contributed by atoms with E-state index >= 15 is 0 Å². The highest BCUT2D eigenvalue weighted by Gasteiger charge is 2.27. The average Bonchev–Trinajstić information content (AvgIpc) is 2.29. The van der Waals surface area contributed by atoms with E-state index in [1.807, 2.05) is 20.8 Å². The van der Waals surface area contributed by atoms with Gasteiger partial charge in [-0.25, -0.2) is 0 Å². The van der Waals surface area contributed by atoms with Crippen LogP contribution in [0.4, 0.5) is 0 Å². The number of esters is 1. The van der Waals surface area contributed by atoms with Crippen molar-refractivity contribution in [2.45, 2.75) is 41.5 Å². The van der Waals surface area contributed by atoms with Crippen molar-refractivity contribution in [3.8, 4) is 5.75 Å². The topological polar surface area (TPSA) is 43.4 Å². The molecule has 0 spiro atoms. The van der Waals surface area contributed by atoms with Crippen molar-refractivity contribution < 1.29 is 14.3 Å². The fourth-order valence-electron chi connectivity index (χ4n) is 1.47. The van der Waals surface area contributed by atoms with Gasteiger partial charge in [0, 0.05) is 11.0 Å². The van der Waals surface area contributed by atoms with Crippen molar-refractivity contribution in [1.29, 1.82) is 0 Å². The zero-order valence-corrected chi connectivity index (χ0v) is 16.3. The van der Waals surface area contributed by atoms with E-state index in [-0.39, 0.29) is 11.8 Å². The third kappa shape index (κ3) is 4.65. The quantitative estimate of drug-likeness (QED) is 0.366. The van der Waals surface area contributed by atoms with E-state index in [1.165, 1.54) is 0 Å². The van der Waals surface area contributed by atoms with Gasteiger partial charge in [0.25, 0.3) is 0 Å². The molecule has 0 saturated carbocycles. The van der Waals surface area contributed by atoms with Crippen LogP contribution in [0.1, 0.15) is 51.9 Å². The fraction of sp³-hybridized carbons (Fsp3) is 0.500. The van der Waals surface area contributed by atoms with E-state index in [0.717, 1.165) is 0 Å². The molecular weight excluding hydrogens is 400 g/mol. The van der Waals surface area contributed by atoms with Gasteiger partial charge in [-0.2, -0.15) is 0 Å². The number of ketones is 1. The second-order valence-corrected chi connectivity index (χ2v) is 8.70. The van der Waals surface area contributed by atoms with Crippen LogP contribution in [0.2, 0.25) is 0 Å². The van der Waals surface area contributed by atoms with E-state index in [4.69, 9.17) is 4.74 Å². The van der Waals surface area contributed by atoms with Gasteiger partial charge in [0.1, 0.15) is 0 Å². The third-order valence-electron chi connectivity index (χ3n) is 2.75. The first kappa shape index (κ1) is 18.4. The van der Waals surface area contributed by atoms with Gasteiger partial charge in [0.05, 0.1) is 14.4 Å². The van der Waals surface area contributed by atoms with Crippen LogP contribution >= 0.6 is 31.9 Å². The molecule has 0 aliphatic carbocycles. The Balaban J connectivity index is 3.18. The molecule has 1 rings (SSSR count). The lowest BCUT2D eigenvalue weighted by Gasteiger charge is -2.20. The van der Waals surface area contributed by atoms with Gasteiger partial charge in [0.2, 0.25) is 0 Å². The van der Waals surface area contributed by atoms with E-state index in [0.29, 0.717) is 20.3 Å². The first-order valence-corrected chi connectivity index (χ1v) is 8.19. The normalized spacial score (nSPS) is 12.2. The van der Waals surface area contributed by atoms with Gasteiger partial charge in [-0.05, 0) is 64.8 Å². The summed E-state index contributed by atoms with van der Waals surface area (Å²) < 4.78 is 6.56. The summed E-state index contributed by atoms with van der Waals surface area (Å²) in [5.41, 5.74) is -0.502. The molecule has 116 valence electrons. The molecule has 5 heteroatoms. The second kappa shape index (κ2) is 6.21. The molecule has 0 aromatic heterocycles. The molecule has 1 aromatic carbocycles. The van der Waals surface area contributed by atoms with Gasteiger partial charge in [-0.1, -0.05) is 20.8 Å². The van der Waals surface area contributed by atoms with Crippen molar-refractivity contribution in [2.24, 2.45) is 10.8 Å². The molecule has 0 saturated heterocycles. The molecule has 0 unspecified atom stereocenters. The molecule has 0 aliphatic rings. The summed E-state index contributed by atoms with van der Waals surface area (Å²) in [6, 6.07) is 3.37. The minimum atomic E-state index is -0.598. The van der Waals surface area contributed by atoms with Crippen molar-refractivity contribution in [2.75, 3.05) is 0 Å². The molecule has 3 nitrogen and oxygen atoms in total. The number of carbonyl (C=O) groups is 2. The van der Waals surface area contributed by atoms with Crippen molar-refractivity contribution in [3.63, 3.8) is 0 Å². The van der Waals surface area contributed by atoms with E-state index in [9.17, 15) is 9.59 Å². The molecule has 0 aliphatic heterocycles. The van der Waals surface area contributed by atoms with E-state index in [1.54, 1.807) is 32.9 Å². The van der Waals surface area contributed by atoms with Crippen LogP contribution < -0.4 is 4.74 Å². The summed E-state index contributed by atoms with van der Waals surface area (Å²) in [7, 11) is 0. The van der Waals surface area contributed by atoms with Crippen LogP contribution in [0.5, 0.6) is 5.75 Å². The minimum Gasteiger partial charge on any atom is -0.424 e. The predicted molar refractivity (Wildman–Crippen MR) is 90.7 cm³/mol. The molecule has 0 bridgehead atoms. The first-order chi connectivity index (χ1) is 9.34. The summed E-state index contributed by atoms with van der Waals surface area (Å²) in [6.45, 7) is 11.0. The van der Waals surface area contributed by atoms with Crippen LogP contribution in [-0.2, 0) is 4.79 Å². The van der Waals surface area contributed by atoms with Crippen LogP contribution in [0.25, 0.3) is 0 Å². The number of hydrogen-bond donors (Lipinski definition) is 0. The Bertz CT molecular complexity index is 555. The SMILES string of the molecule is CC(C)(C)C(=O)Oc1c(Br)cc(C(=O)C(C)(C)C)cc1Br. The maximum Gasteiger partial charge on any atom is 0.316 e. The third-order valence-corrected chi connectivity index (χ3v) is 3.93. The highest BCUT2D eigenvalue weighted by Crippen LogP contribution is 2.37. The fourth-order valence-corrected chi connectivity index (χ4v) is 2.82. The lowest BCUT2D eigenvalue weighted by atomic mass is 9.86.